The maximum atomic E-state index is 13.5. The van der Waals surface area contributed by atoms with Gasteiger partial charge in [0, 0.05) is 5.92 Å². The topological polar surface area (TPSA) is 41.1 Å². The summed E-state index contributed by atoms with van der Waals surface area (Å²) >= 11 is 0. The molecule has 1 aromatic carbocycles. The standard InChI is InChI=1S/C13H14F4N2O.ClH/c14-10-2-1-9(13(15,16)17)7-11(10)19-12(20)8-3-5-18-6-4-8;/h1-2,7-8,18H,3-6H2,(H,19,20);1H. The third-order valence-corrected chi connectivity index (χ3v) is 3.26. The lowest BCUT2D eigenvalue weighted by molar-refractivity contribution is -0.137. The van der Waals surface area contributed by atoms with Gasteiger partial charge in [-0.3, -0.25) is 4.79 Å². The third kappa shape index (κ3) is 4.57. The average molecular weight is 327 g/mol. The van der Waals surface area contributed by atoms with E-state index < -0.39 is 29.2 Å². The number of hydrogen-bond acceptors (Lipinski definition) is 2. The van der Waals surface area contributed by atoms with Gasteiger partial charge in [-0.25, -0.2) is 4.39 Å². The lowest BCUT2D eigenvalue weighted by Crippen LogP contribution is -2.34. The van der Waals surface area contributed by atoms with Gasteiger partial charge in [-0.15, -0.1) is 12.4 Å². The zero-order chi connectivity index (χ0) is 14.8. The zero-order valence-electron chi connectivity index (χ0n) is 11.0. The van der Waals surface area contributed by atoms with E-state index in [-0.39, 0.29) is 18.3 Å². The molecule has 0 bridgehead atoms. The molecule has 2 rings (SSSR count). The Labute approximate surface area is 125 Å². The summed E-state index contributed by atoms with van der Waals surface area (Å²) in [4.78, 5) is 11.9. The van der Waals surface area contributed by atoms with Crippen LogP contribution in [-0.2, 0) is 11.0 Å². The van der Waals surface area contributed by atoms with E-state index in [9.17, 15) is 22.4 Å². The van der Waals surface area contributed by atoms with Crippen LogP contribution in [0.5, 0.6) is 0 Å². The monoisotopic (exact) mass is 326 g/mol. The molecule has 1 saturated heterocycles. The van der Waals surface area contributed by atoms with Crippen LogP contribution in [0.2, 0.25) is 0 Å². The van der Waals surface area contributed by atoms with Gasteiger partial charge in [-0.2, -0.15) is 13.2 Å². The van der Waals surface area contributed by atoms with E-state index in [1.54, 1.807) is 0 Å². The van der Waals surface area contributed by atoms with Crippen molar-refractivity contribution in [2.24, 2.45) is 5.92 Å². The van der Waals surface area contributed by atoms with Crippen LogP contribution in [0.25, 0.3) is 0 Å². The predicted molar refractivity (Wildman–Crippen MR) is 72.9 cm³/mol. The Kier molecular flexibility index (Phi) is 5.98. The molecule has 0 unspecified atom stereocenters. The molecule has 1 heterocycles. The van der Waals surface area contributed by atoms with E-state index in [0.29, 0.717) is 44.1 Å². The first-order valence-electron chi connectivity index (χ1n) is 6.26. The van der Waals surface area contributed by atoms with Crippen molar-refractivity contribution < 1.29 is 22.4 Å². The molecule has 0 atom stereocenters. The first-order valence-corrected chi connectivity index (χ1v) is 6.26. The van der Waals surface area contributed by atoms with Crippen LogP contribution in [0.4, 0.5) is 23.2 Å². The first-order chi connectivity index (χ1) is 9.38. The second-order valence-corrected chi connectivity index (χ2v) is 4.71. The van der Waals surface area contributed by atoms with Gasteiger partial charge in [0.25, 0.3) is 0 Å². The molecule has 1 fully saturated rings. The minimum atomic E-state index is -4.57. The van der Waals surface area contributed by atoms with Crippen molar-refractivity contribution in [3.63, 3.8) is 0 Å². The van der Waals surface area contributed by atoms with Crippen molar-refractivity contribution in [1.82, 2.24) is 5.32 Å². The summed E-state index contributed by atoms with van der Waals surface area (Å²) < 4.78 is 51.1. The maximum absolute atomic E-state index is 13.5. The number of amides is 1. The van der Waals surface area contributed by atoms with Crippen LogP contribution >= 0.6 is 12.4 Å². The molecule has 118 valence electrons. The number of piperidine rings is 1. The summed E-state index contributed by atoms with van der Waals surface area (Å²) in [6.07, 6.45) is -3.39. The fraction of sp³-hybridized carbons (Fsp3) is 0.462. The third-order valence-electron chi connectivity index (χ3n) is 3.26. The number of hydrogen-bond donors (Lipinski definition) is 2. The summed E-state index contributed by atoms with van der Waals surface area (Å²) in [5.74, 6) is -1.62. The number of benzene rings is 1. The highest BCUT2D eigenvalue weighted by Gasteiger charge is 2.31. The molecular formula is C13H15ClF4N2O. The number of halogens is 5. The number of anilines is 1. The molecule has 1 aromatic rings. The van der Waals surface area contributed by atoms with Crippen LogP contribution < -0.4 is 10.6 Å². The Hall–Kier alpha value is -1.34. The van der Waals surface area contributed by atoms with Crippen LogP contribution in [-0.4, -0.2) is 19.0 Å². The van der Waals surface area contributed by atoms with E-state index in [2.05, 4.69) is 10.6 Å². The SMILES string of the molecule is Cl.O=C(Nc1cc(C(F)(F)F)ccc1F)C1CCNCC1. The molecule has 1 aliphatic heterocycles. The zero-order valence-corrected chi connectivity index (χ0v) is 11.8. The van der Waals surface area contributed by atoms with Crippen LogP contribution in [0.15, 0.2) is 18.2 Å². The highest BCUT2D eigenvalue weighted by Crippen LogP contribution is 2.32. The quantitative estimate of drug-likeness (QED) is 0.819. The summed E-state index contributed by atoms with van der Waals surface area (Å²) in [7, 11) is 0. The largest absolute Gasteiger partial charge is 0.416 e. The smallest absolute Gasteiger partial charge is 0.323 e. The second kappa shape index (κ2) is 7.09. The Balaban J connectivity index is 0.00000220. The van der Waals surface area contributed by atoms with Crippen molar-refractivity contribution in [2.75, 3.05) is 18.4 Å². The predicted octanol–water partition coefficient (Wildman–Crippen LogP) is 3.20. The van der Waals surface area contributed by atoms with Crippen LogP contribution in [0, 0.1) is 11.7 Å². The highest BCUT2D eigenvalue weighted by atomic mass is 35.5. The average Bonchev–Trinajstić information content (AvgIpc) is 2.41. The van der Waals surface area contributed by atoms with E-state index in [1.807, 2.05) is 0 Å². The summed E-state index contributed by atoms with van der Waals surface area (Å²) in [6, 6.07) is 1.98. The normalized spacial score (nSPS) is 16.2. The maximum Gasteiger partial charge on any atom is 0.416 e. The molecule has 0 saturated carbocycles. The fourth-order valence-corrected chi connectivity index (χ4v) is 2.12. The van der Waals surface area contributed by atoms with Gasteiger partial charge in [0.15, 0.2) is 0 Å². The Morgan fingerprint density at radius 3 is 2.43 bits per heavy atom. The number of rotatable bonds is 2. The number of carbonyl (C=O) groups excluding carboxylic acids is 1. The van der Waals surface area contributed by atoms with E-state index in [4.69, 9.17) is 0 Å². The lowest BCUT2D eigenvalue weighted by atomic mass is 9.97. The van der Waals surface area contributed by atoms with Crippen molar-refractivity contribution in [3.8, 4) is 0 Å². The van der Waals surface area contributed by atoms with Gasteiger partial charge in [0.1, 0.15) is 5.82 Å². The molecule has 0 spiro atoms. The molecule has 3 nitrogen and oxygen atoms in total. The number of alkyl halides is 3. The summed E-state index contributed by atoms with van der Waals surface area (Å²) in [5.41, 5.74) is -1.41. The Bertz CT molecular complexity index is 501. The van der Waals surface area contributed by atoms with Crippen molar-refractivity contribution in [1.29, 1.82) is 0 Å². The number of nitrogens with one attached hydrogen (secondary N) is 2. The van der Waals surface area contributed by atoms with Gasteiger partial charge >= 0.3 is 6.18 Å². The van der Waals surface area contributed by atoms with E-state index in [1.165, 1.54) is 0 Å². The minimum absolute atomic E-state index is 0. The van der Waals surface area contributed by atoms with Gasteiger partial charge in [-0.1, -0.05) is 0 Å². The number of carbonyl (C=O) groups is 1. The lowest BCUT2D eigenvalue weighted by Gasteiger charge is -2.22. The molecule has 2 N–H and O–H groups in total. The molecule has 0 radical (unpaired) electrons. The van der Waals surface area contributed by atoms with E-state index in [0.717, 1.165) is 0 Å². The van der Waals surface area contributed by atoms with Crippen molar-refractivity contribution in [2.45, 2.75) is 19.0 Å². The van der Waals surface area contributed by atoms with Gasteiger partial charge < -0.3 is 10.6 Å². The Morgan fingerprint density at radius 1 is 1.24 bits per heavy atom. The molecular weight excluding hydrogens is 312 g/mol. The summed E-state index contributed by atoms with van der Waals surface area (Å²) in [5, 5.41) is 5.32. The Morgan fingerprint density at radius 2 is 1.86 bits per heavy atom. The molecule has 1 amide bonds. The summed E-state index contributed by atoms with van der Waals surface area (Å²) in [6.45, 7) is 1.34. The highest BCUT2D eigenvalue weighted by molar-refractivity contribution is 5.92. The molecule has 0 aliphatic carbocycles. The van der Waals surface area contributed by atoms with Gasteiger partial charge in [-0.05, 0) is 44.1 Å². The van der Waals surface area contributed by atoms with E-state index >= 15 is 0 Å². The van der Waals surface area contributed by atoms with Crippen molar-refractivity contribution in [3.05, 3.63) is 29.6 Å². The first kappa shape index (κ1) is 17.7. The molecule has 0 aromatic heterocycles. The second-order valence-electron chi connectivity index (χ2n) is 4.71. The minimum Gasteiger partial charge on any atom is -0.323 e. The van der Waals surface area contributed by atoms with Crippen LogP contribution in [0.3, 0.4) is 0 Å². The molecule has 1 aliphatic rings. The van der Waals surface area contributed by atoms with Gasteiger partial charge in [0.05, 0.1) is 11.3 Å². The molecule has 21 heavy (non-hydrogen) atoms. The van der Waals surface area contributed by atoms with Gasteiger partial charge in [0.2, 0.25) is 5.91 Å². The fourth-order valence-electron chi connectivity index (χ4n) is 2.12. The van der Waals surface area contributed by atoms with Crippen molar-refractivity contribution >= 4 is 24.0 Å². The molecule has 8 heteroatoms. The van der Waals surface area contributed by atoms with Crippen LogP contribution in [0.1, 0.15) is 18.4 Å².